The molecule has 108 valence electrons. The summed E-state index contributed by atoms with van der Waals surface area (Å²) < 4.78 is 19.6. The van der Waals surface area contributed by atoms with E-state index >= 15 is 0 Å². The van der Waals surface area contributed by atoms with Gasteiger partial charge in [-0.3, -0.25) is 4.98 Å². The summed E-state index contributed by atoms with van der Waals surface area (Å²) >= 11 is 1.50. The Hall–Kier alpha value is -1.98. The number of hydrogen-bond donors (Lipinski definition) is 1. The molecule has 3 nitrogen and oxygen atoms in total. The first-order valence-electron chi connectivity index (χ1n) is 6.69. The number of rotatable bonds is 4. The standard InChI is InChI=1S/C16H15FN2OS/c1-2-20-13-5-11(8-19-9-13)16(18)15-6-10-3-4-12(17)7-14(10)21-15/h3-9,16H,2,18H2,1H3. The smallest absolute Gasteiger partial charge is 0.137 e. The molecular formula is C16H15FN2OS. The summed E-state index contributed by atoms with van der Waals surface area (Å²) in [4.78, 5) is 5.14. The third-order valence-corrected chi connectivity index (χ3v) is 4.39. The Labute approximate surface area is 126 Å². The van der Waals surface area contributed by atoms with E-state index in [1.54, 1.807) is 18.5 Å². The minimum atomic E-state index is -0.293. The van der Waals surface area contributed by atoms with Gasteiger partial charge in [0, 0.05) is 15.8 Å². The summed E-state index contributed by atoms with van der Waals surface area (Å²) in [5.41, 5.74) is 7.19. The number of benzene rings is 1. The van der Waals surface area contributed by atoms with Crippen molar-refractivity contribution in [1.29, 1.82) is 0 Å². The Kier molecular flexibility index (Phi) is 3.86. The zero-order chi connectivity index (χ0) is 14.8. The van der Waals surface area contributed by atoms with Gasteiger partial charge in [-0.25, -0.2) is 4.39 Å². The van der Waals surface area contributed by atoms with Crippen molar-refractivity contribution in [2.75, 3.05) is 6.61 Å². The zero-order valence-corrected chi connectivity index (χ0v) is 12.4. The first kappa shape index (κ1) is 14.0. The van der Waals surface area contributed by atoms with E-state index in [0.717, 1.165) is 20.5 Å². The quantitative estimate of drug-likeness (QED) is 0.795. The lowest BCUT2D eigenvalue weighted by atomic mass is 10.1. The first-order valence-corrected chi connectivity index (χ1v) is 7.51. The lowest BCUT2D eigenvalue weighted by Crippen LogP contribution is -2.10. The molecule has 3 rings (SSSR count). The number of halogens is 1. The summed E-state index contributed by atoms with van der Waals surface area (Å²) in [7, 11) is 0. The molecule has 0 aliphatic carbocycles. The van der Waals surface area contributed by atoms with E-state index < -0.39 is 0 Å². The van der Waals surface area contributed by atoms with Gasteiger partial charge in [0.15, 0.2) is 0 Å². The Morgan fingerprint density at radius 3 is 2.95 bits per heavy atom. The second kappa shape index (κ2) is 5.79. The van der Waals surface area contributed by atoms with Crippen LogP contribution in [0.2, 0.25) is 0 Å². The molecule has 0 bridgehead atoms. The molecule has 5 heteroatoms. The van der Waals surface area contributed by atoms with Crippen molar-refractivity contribution in [1.82, 2.24) is 4.98 Å². The van der Waals surface area contributed by atoms with Crippen molar-refractivity contribution in [3.8, 4) is 5.75 Å². The first-order chi connectivity index (χ1) is 10.2. The summed E-state index contributed by atoms with van der Waals surface area (Å²) in [6, 6.07) is 8.36. The van der Waals surface area contributed by atoms with Gasteiger partial charge in [-0.2, -0.15) is 0 Å². The molecule has 0 saturated carbocycles. The normalized spacial score (nSPS) is 12.5. The van der Waals surface area contributed by atoms with Crippen LogP contribution in [0.4, 0.5) is 4.39 Å². The fourth-order valence-corrected chi connectivity index (χ4v) is 3.31. The van der Waals surface area contributed by atoms with Crippen molar-refractivity contribution < 1.29 is 9.13 Å². The van der Waals surface area contributed by atoms with Crippen molar-refractivity contribution in [3.05, 3.63) is 59.0 Å². The predicted octanol–water partition coefficient (Wildman–Crippen LogP) is 3.88. The fourth-order valence-electron chi connectivity index (χ4n) is 2.19. The third kappa shape index (κ3) is 2.89. The van der Waals surface area contributed by atoms with Gasteiger partial charge >= 0.3 is 0 Å². The Morgan fingerprint density at radius 2 is 2.14 bits per heavy atom. The van der Waals surface area contributed by atoms with Gasteiger partial charge in [0.25, 0.3) is 0 Å². The van der Waals surface area contributed by atoms with Gasteiger partial charge in [-0.05, 0) is 42.1 Å². The van der Waals surface area contributed by atoms with Crippen LogP contribution in [-0.4, -0.2) is 11.6 Å². The number of nitrogens with two attached hydrogens (primary N) is 1. The molecule has 2 N–H and O–H groups in total. The average molecular weight is 302 g/mol. The van der Waals surface area contributed by atoms with E-state index in [4.69, 9.17) is 10.5 Å². The Bertz CT molecular complexity index is 772. The van der Waals surface area contributed by atoms with E-state index in [1.165, 1.54) is 23.5 Å². The van der Waals surface area contributed by atoms with Crippen LogP contribution in [-0.2, 0) is 0 Å². The van der Waals surface area contributed by atoms with Gasteiger partial charge in [-0.15, -0.1) is 11.3 Å². The molecule has 2 heterocycles. The number of pyridine rings is 1. The summed E-state index contributed by atoms with van der Waals surface area (Å²) in [6.45, 7) is 2.51. The van der Waals surface area contributed by atoms with Gasteiger partial charge in [0.2, 0.25) is 0 Å². The molecule has 21 heavy (non-hydrogen) atoms. The van der Waals surface area contributed by atoms with E-state index in [0.29, 0.717) is 12.4 Å². The van der Waals surface area contributed by atoms with Gasteiger partial charge in [0.1, 0.15) is 11.6 Å². The topological polar surface area (TPSA) is 48.1 Å². The van der Waals surface area contributed by atoms with Gasteiger partial charge < -0.3 is 10.5 Å². The van der Waals surface area contributed by atoms with E-state index in [2.05, 4.69) is 4.98 Å². The predicted molar refractivity (Wildman–Crippen MR) is 83.2 cm³/mol. The highest BCUT2D eigenvalue weighted by Crippen LogP contribution is 2.32. The number of hydrogen-bond acceptors (Lipinski definition) is 4. The minimum absolute atomic E-state index is 0.232. The molecule has 1 aromatic carbocycles. The number of thiophene rings is 1. The highest BCUT2D eigenvalue weighted by atomic mass is 32.1. The molecule has 0 radical (unpaired) electrons. The molecule has 0 spiro atoms. The maximum Gasteiger partial charge on any atom is 0.137 e. The molecule has 3 aromatic rings. The SMILES string of the molecule is CCOc1cncc(C(N)c2cc3ccc(F)cc3s2)c1. The number of fused-ring (bicyclic) bond motifs is 1. The minimum Gasteiger partial charge on any atom is -0.492 e. The second-order valence-electron chi connectivity index (χ2n) is 4.70. The van der Waals surface area contributed by atoms with Crippen LogP contribution in [0.1, 0.15) is 23.4 Å². The zero-order valence-electron chi connectivity index (χ0n) is 11.5. The van der Waals surface area contributed by atoms with Crippen molar-refractivity contribution in [2.45, 2.75) is 13.0 Å². The molecule has 1 atom stereocenters. The molecule has 0 amide bonds. The molecule has 0 fully saturated rings. The van der Waals surface area contributed by atoms with Crippen LogP contribution in [0.3, 0.4) is 0 Å². The van der Waals surface area contributed by atoms with Crippen LogP contribution in [0.5, 0.6) is 5.75 Å². The maximum atomic E-state index is 13.3. The van der Waals surface area contributed by atoms with E-state index in [9.17, 15) is 4.39 Å². The third-order valence-electron chi connectivity index (χ3n) is 3.21. The lowest BCUT2D eigenvalue weighted by molar-refractivity contribution is 0.338. The van der Waals surface area contributed by atoms with Crippen molar-refractivity contribution in [3.63, 3.8) is 0 Å². The highest BCUT2D eigenvalue weighted by molar-refractivity contribution is 7.19. The average Bonchev–Trinajstić information content (AvgIpc) is 2.90. The maximum absolute atomic E-state index is 13.3. The van der Waals surface area contributed by atoms with Crippen LogP contribution in [0.15, 0.2) is 42.7 Å². The number of aromatic nitrogens is 1. The summed E-state index contributed by atoms with van der Waals surface area (Å²) in [6.07, 6.45) is 3.40. The highest BCUT2D eigenvalue weighted by Gasteiger charge is 2.14. The fraction of sp³-hybridized carbons (Fsp3) is 0.188. The van der Waals surface area contributed by atoms with Crippen LogP contribution < -0.4 is 10.5 Å². The molecular weight excluding hydrogens is 287 g/mol. The monoisotopic (exact) mass is 302 g/mol. The van der Waals surface area contributed by atoms with Crippen LogP contribution in [0, 0.1) is 5.82 Å². The van der Waals surface area contributed by atoms with Crippen molar-refractivity contribution >= 4 is 21.4 Å². The van der Waals surface area contributed by atoms with Gasteiger partial charge in [0.05, 0.1) is 18.8 Å². The molecule has 0 aliphatic rings. The van der Waals surface area contributed by atoms with E-state index in [-0.39, 0.29) is 11.9 Å². The largest absolute Gasteiger partial charge is 0.492 e. The van der Waals surface area contributed by atoms with E-state index in [1.807, 2.05) is 19.1 Å². The van der Waals surface area contributed by atoms with Gasteiger partial charge in [-0.1, -0.05) is 6.07 Å². The molecule has 2 aromatic heterocycles. The number of nitrogens with zero attached hydrogens (tertiary/aromatic N) is 1. The molecule has 0 aliphatic heterocycles. The Balaban J connectivity index is 1.95. The Morgan fingerprint density at radius 1 is 1.29 bits per heavy atom. The molecule has 1 unspecified atom stereocenters. The summed E-state index contributed by atoms with van der Waals surface area (Å²) in [5, 5.41) is 1.00. The summed E-state index contributed by atoms with van der Waals surface area (Å²) in [5.74, 6) is 0.474. The second-order valence-corrected chi connectivity index (χ2v) is 5.81. The lowest BCUT2D eigenvalue weighted by Gasteiger charge is -2.11. The number of ether oxygens (including phenoxy) is 1. The van der Waals surface area contributed by atoms with Crippen LogP contribution >= 0.6 is 11.3 Å². The van der Waals surface area contributed by atoms with Crippen molar-refractivity contribution in [2.24, 2.45) is 5.73 Å². The molecule has 0 saturated heterocycles. The van der Waals surface area contributed by atoms with Crippen LogP contribution in [0.25, 0.3) is 10.1 Å².